The number of nitrogens with zero attached hydrogens (tertiary/aromatic N) is 2. The van der Waals surface area contributed by atoms with Gasteiger partial charge in [-0.15, -0.1) is 0 Å². The second-order valence-electron chi connectivity index (χ2n) is 6.27. The van der Waals surface area contributed by atoms with Crippen molar-refractivity contribution in [3.05, 3.63) is 58.9 Å². The molecule has 0 spiro atoms. The zero-order valence-electron chi connectivity index (χ0n) is 15.4. The highest BCUT2D eigenvalue weighted by Crippen LogP contribution is 2.21. The minimum absolute atomic E-state index is 0.100. The Morgan fingerprint density at radius 2 is 1.75 bits per heavy atom. The highest BCUT2D eigenvalue weighted by molar-refractivity contribution is 6.31. The molecule has 2 aromatic carbocycles. The molecule has 1 saturated heterocycles. The van der Waals surface area contributed by atoms with Gasteiger partial charge in [0, 0.05) is 31.9 Å². The highest BCUT2D eigenvalue weighted by Gasteiger charge is 2.22. The van der Waals surface area contributed by atoms with Crippen LogP contribution in [0.2, 0.25) is 5.02 Å². The van der Waals surface area contributed by atoms with Crippen molar-refractivity contribution >= 4 is 29.2 Å². The Bertz CT molecular complexity index is 852. The third kappa shape index (κ3) is 4.72. The number of hydrogen-bond donors (Lipinski definition) is 0. The predicted molar refractivity (Wildman–Crippen MR) is 103 cm³/mol. The van der Waals surface area contributed by atoms with Gasteiger partial charge >= 0.3 is 5.97 Å². The average molecular weight is 407 g/mol. The van der Waals surface area contributed by atoms with Gasteiger partial charge in [0.1, 0.15) is 11.6 Å². The highest BCUT2D eigenvalue weighted by atomic mass is 35.5. The number of piperazine rings is 1. The van der Waals surface area contributed by atoms with Crippen LogP contribution in [0.15, 0.2) is 42.5 Å². The Kier molecular flexibility index (Phi) is 6.36. The van der Waals surface area contributed by atoms with E-state index in [0.717, 1.165) is 17.5 Å². The predicted octanol–water partition coefficient (Wildman–Crippen LogP) is 2.99. The number of halogens is 2. The van der Waals surface area contributed by atoms with Crippen molar-refractivity contribution in [2.75, 3.05) is 44.8 Å². The first kappa shape index (κ1) is 19.9. The van der Waals surface area contributed by atoms with E-state index in [1.807, 2.05) is 24.3 Å². The van der Waals surface area contributed by atoms with Crippen LogP contribution < -0.4 is 9.64 Å². The van der Waals surface area contributed by atoms with E-state index < -0.39 is 11.8 Å². The number of amides is 1. The lowest BCUT2D eigenvalue weighted by Gasteiger charge is -2.36. The molecule has 0 N–H and O–H groups in total. The van der Waals surface area contributed by atoms with Crippen LogP contribution in [-0.4, -0.2) is 56.7 Å². The molecule has 1 aliphatic heterocycles. The number of rotatable bonds is 5. The Morgan fingerprint density at radius 1 is 1.07 bits per heavy atom. The quantitative estimate of drug-likeness (QED) is 0.714. The summed E-state index contributed by atoms with van der Waals surface area (Å²) < 4.78 is 23.3. The number of benzene rings is 2. The van der Waals surface area contributed by atoms with Crippen LogP contribution in [0.5, 0.6) is 5.75 Å². The van der Waals surface area contributed by atoms with Crippen LogP contribution in [0, 0.1) is 5.82 Å². The summed E-state index contributed by atoms with van der Waals surface area (Å²) in [7, 11) is 1.62. The zero-order chi connectivity index (χ0) is 20.1. The molecule has 0 radical (unpaired) electrons. The summed E-state index contributed by atoms with van der Waals surface area (Å²) in [6.45, 7) is 2.06. The monoisotopic (exact) mass is 406 g/mol. The number of carbonyl (C=O) groups excluding carboxylic acids is 2. The molecule has 0 unspecified atom stereocenters. The van der Waals surface area contributed by atoms with E-state index in [9.17, 15) is 14.0 Å². The molecule has 3 rings (SSSR count). The van der Waals surface area contributed by atoms with E-state index in [0.29, 0.717) is 26.2 Å². The Balaban J connectivity index is 1.48. The molecule has 148 valence electrons. The van der Waals surface area contributed by atoms with Crippen LogP contribution in [0.1, 0.15) is 10.4 Å². The first-order valence-electron chi connectivity index (χ1n) is 8.77. The second kappa shape index (κ2) is 8.93. The van der Waals surface area contributed by atoms with Gasteiger partial charge in [-0.1, -0.05) is 11.6 Å². The first-order valence-corrected chi connectivity index (χ1v) is 9.14. The fourth-order valence-corrected chi connectivity index (χ4v) is 3.11. The van der Waals surface area contributed by atoms with Crippen molar-refractivity contribution < 1.29 is 23.5 Å². The molecule has 8 heteroatoms. The maximum absolute atomic E-state index is 13.2. The van der Waals surface area contributed by atoms with Crippen molar-refractivity contribution in [3.63, 3.8) is 0 Å². The number of hydrogen-bond acceptors (Lipinski definition) is 5. The van der Waals surface area contributed by atoms with Crippen LogP contribution in [-0.2, 0) is 9.53 Å². The molecule has 1 fully saturated rings. The molecule has 1 amide bonds. The van der Waals surface area contributed by atoms with Gasteiger partial charge < -0.3 is 19.3 Å². The summed E-state index contributed by atoms with van der Waals surface area (Å²) in [5, 5.41) is -0.171. The van der Waals surface area contributed by atoms with Gasteiger partial charge in [0.2, 0.25) is 0 Å². The normalized spacial score (nSPS) is 14.0. The minimum Gasteiger partial charge on any atom is -0.497 e. The summed E-state index contributed by atoms with van der Waals surface area (Å²) in [6, 6.07) is 11.3. The smallest absolute Gasteiger partial charge is 0.338 e. The van der Waals surface area contributed by atoms with Crippen molar-refractivity contribution in [1.29, 1.82) is 0 Å². The largest absolute Gasteiger partial charge is 0.497 e. The standard InChI is InChI=1S/C20H20ClFN2O4/c1-27-16-5-3-15(4-6-16)23-8-10-24(11-9-23)19(25)13-28-20(26)14-2-7-18(22)17(21)12-14/h2-7,12H,8-11,13H2,1H3. The van der Waals surface area contributed by atoms with E-state index in [2.05, 4.69) is 4.90 Å². The molecule has 2 aromatic rings. The molecule has 0 saturated carbocycles. The summed E-state index contributed by atoms with van der Waals surface area (Å²) >= 11 is 5.65. The Labute approximate surface area is 167 Å². The van der Waals surface area contributed by atoms with Crippen molar-refractivity contribution in [2.24, 2.45) is 0 Å². The van der Waals surface area contributed by atoms with Crippen LogP contribution in [0.4, 0.5) is 10.1 Å². The lowest BCUT2D eigenvalue weighted by molar-refractivity contribution is -0.134. The third-order valence-electron chi connectivity index (χ3n) is 4.55. The van der Waals surface area contributed by atoms with E-state index in [1.54, 1.807) is 12.0 Å². The summed E-state index contributed by atoms with van der Waals surface area (Å²) in [4.78, 5) is 28.1. The van der Waals surface area contributed by atoms with Crippen LogP contribution in [0.25, 0.3) is 0 Å². The first-order chi connectivity index (χ1) is 13.5. The van der Waals surface area contributed by atoms with E-state index >= 15 is 0 Å². The maximum Gasteiger partial charge on any atom is 0.338 e. The molecular weight excluding hydrogens is 387 g/mol. The topological polar surface area (TPSA) is 59.1 Å². The van der Waals surface area contributed by atoms with Crippen molar-refractivity contribution in [3.8, 4) is 5.75 Å². The molecule has 0 bridgehead atoms. The number of ether oxygens (including phenoxy) is 2. The van der Waals surface area contributed by atoms with Gasteiger partial charge in [0.25, 0.3) is 5.91 Å². The number of methoxy groups -OCH3 is 1. The molecule has 0 aliphatic carbocycles. The van der Waals surface area contributed by atoms with Gasteiger partial charge in [-0.05, 0) is 42.5 Å². The summed E-state index contributed by atoms with van der Waals surface area (Å²) in [6.07, 6.45) is 0. The van der Waals surface area contributed by atoms with Gasteiger partial charge in [0.15, 0.2) is 6.61 Å². The molecule has 28 heavy (non-hydrogen) atoms. The maximum atomic E-state index is 13.2. The SMILES string of the molecule is COc1ccc(N2CCN(C(=O)COC(=O)c3ccc(F)c(Cl)c3)CC2)cc1. The van der Waals surface area contributed by atoms with Gasteiger partial charge in [-0.25, -0.2) is 9.18 Å². The molecule has 0 aromatic heterocycles. The lowest BCUT2D eigenvalue weighted by Crippen LogP contribution is -2.49. The van der Waals surface area contributed by atoms with Crippen LogP contribution in [0.3, 0.4) is 0 Å². The Morgan fingerprint density at radius 3 is 2.36 bits per heavy atom. The lowest BCUT2D eigenvalue weighted by atomic mass is 10.2. The van der Waals surface area contributed by atoms with Crippen molar-refractivity contribution in [1.82, 2.24) is 4.90 Å². The fourth-order valence-electron chi connectivity index (χ4n) is 2.93. The number of carbonyl (C=O) groups is 2. The molecule has 6 nitrogen and oxygen atoms in total. The molecule has 1 aliphatic rings. The number of esters is 1. The minimum atomic E-state index is -0.716. The summed E-state index contributed by atoms with van der Waals surface area (Å²) in [5.41, 5.74) is 1.16. The second-order valence-corrected chi connectivity index (χ2v) is 6.68. The molecule has 0 atom stereocenters. The van der Waals surface area contributed by atoms with Gasteiger partial charge in [-0.3, -0.25) is 4.79 Å². The molecule has 1 heterocycles. The molecular formula is C20H20ClFN2O4. The van der Waals surface area contributed by atoms with Gasteiger partial charge in [-0.2, -0.15) is 0 Å². The van der Waals surface area contributed by atoms with Gasteiger partial charge in [0.05, 0.1) is 17.7 Å². The average Bonchev–Trinajstić information content (AvgIpc) is 2.74. The van der Waals surface area contributed by atoms with Crippen molar-refractivity contribution in [2.45, 2.75) is 0 Å². The third-order valence-corrected chi connectivity index (χ3v) is 4.84. The zero-order valence-corrected chi connectivity index (χ0v) is 16.1. The Hall–Kier alpha value is -2.80. The van der Waals surface area contributed by atoms with E-state index in [4.69, 9.17) is 21.1 Å². The fraction of sp³-hybridized carbons (Fsp3) is 0.300. The van der Waals surface area contributed by atoms with E-state index in [-0.39, 0.29) is 23.1 Å². The van der Waals surface area contributed by atoms with E-state index in [1.165, 1.54) is 12.1 Å². The van der Waals surface area contributed by atoms with Crippen LogP contribution >= 0.6 is 11.6 Å². The number of anilines is 1. The summed E-state index contributed by atoms with van der Waals surface area (Å²) in [5.74, 6) is -0.811.